The monoisotopic (exact) mass is 268 g/mol. The van der Waals surface area contributed by atoms with E-state index in [0.717, 1.165) is 0 Å². The number of rotatable bonds is 6. The molecule has 1 N–H and O–H groups in total. The second kappa shape index (κ2) is 7.02. The zero-order chi connectivity index (χ0) is 13.7. The van der Waals surface area contributed by atoms with Gasteiger partial charge in [0.15, 0.2) is 0 Å². The predicted octanol–water partition coefficient (Wildman–Crippen LogP) is 0.698. The van der Waals surface area contributed by atoms with Crippen molar-refractivity contribution in [3.8, 4) is 0 Å². The Balaban J connectivity index is 1.71. The first-order valence-corrected chi connectivity index (χ1v) is 7.98. The maximum atomic E-state index is 3.76. The van der Waals surface area contributed by atoms with E-state index in [9.17, 15) is 0 Å². The number of hydrogen-bond donors (Lipinski definition) is 1. The summed E-state index contributed by atoms with van der Waals surface area (Å²) in [7, 11) is 4.32. The highest BCUT2D eigenvalue weighted by Crippen LogP contribution is 2.24. The normalized spacial score (nSPS) is 30.3. The molecule has 2 aliphatic heterocycles. The molecular formula is C15H32N4. The minimum Gasteiger partial charge on any atom is -0.310 e. The molecule has 0 bridgehead atoms. The number of likely N-dealkylation sites (N-methyl/N-ethyl adjacent to an activating group) is 1. The van der Waals surface area contributed by atoms with Gasteiger partial charge in [-0.15, -0.1) is 0 Å². The Labute approximate surface area is 119 Å². The fraction of sp³-hybridized carbons (Fsp3) is 1.00. The van der Waals surface area contributed by atoms with Crippen LogP contribution in [0, 0.1) is 0 Å². The van der Waals surface area contributed by atoms with E-state index < -0.39 is 0 Å². The third-order valence-corrected chi connectivity index (χ3v) is 4.86. The molecule has 112 valence electrons. The van der Waals surface area contributed by atoms with Crippen molar-refractivity contribution in [1.82, 2.24) is 20.0 Å². The van der Waals surface area contributed by atoms with Crippen LogP contribution < -0.4 is 5.32 Å². The van der Waals surface area contributed by atoms with E-state index in [1.54, 1.807) is 0 Å². The lowest BCUT2D eigenvalue weighted by molar-refractivity contribution is 0.0990. The zero-order valence-electron chi connectivity index (χ0n) is 13.1. The van der Waals surface area contributed by atoms with Gasteiger partial charge in [0.05, 0.1) is 0 Å². The van der Waals surface area contributed by atoms with Gasteiger partial charge in [-0.05, 0) is 39.9 Å². The van der Waals surface area contributed by atoms with Gasteiger partial charge in [-0.1, -0.05) is 6.92 Å². The molecular weight excluding hydrogens is 236 g/mol. The molecule has 2 heterocycles. The average Bonchev–Trinajstić information content (AvgIpc) is 2.87. The summed E-state index contributed by atoms with van der Waals surface area (Å²) in [6.45, 7) is 12.2. The molecule has 2 saturated heterocycles. The Morgan fingerprint density at radius 3 is 2.32 bits per heavy atom. The van der Waals surface area contributed by atoms with Crippen LogP contribution >= 0.6 is 0 Å². The lowest BCUT2D eigenvalue weighted by atomic mass is 9.93. The van der Waals surface area contributed by atoms with Gasteiger partial charge in [0, 0.05) is 51.4 Å². The first kappa shape index (κ1) is 15.2. The maximum absolute atomic E-state index is 3.76. The first-order chi connectivity index (χ1) is 9.13. The van der Waals surface area contributed by atoms with Crippen LogP contribution in [-0.2, 0) is 0 Å². The molecule has 19 heavy (non-hydrogen) atoms. The molecule has 0 radical (unpaired) electrons. The van der Waals surface area contributed by atoms with E-state index in [-0.39, 0.29) is 0 Å². The van der Waals surface area contributed by atoms with E-state index in [1.165, 1.54) is 71.6 Å². The first-order valence-electron chi connectivity index (χ1n) is 7.98. The minimum absolute atomic E-state index is 0.422. The maximum Gasteiger partial charge on any atom is 0.0306 e. The van der Waals surface area contributed by atoms with Crippen molar-refractivity contribution in [3.05, 3.63) is 0 Å². The summed E-state index contributed by atoms with van der Waals surface area (Å²) < 4.78 is 0. The predicted molar refractivity (Wildman–Crippen MR) is 81.7 cm³/mol. The Hall–Kier alpha value is -0.160. The van der Waals surface area contributed by atoms with Gasteiger partial charge in [0.1, 0.15) is 0 Å². The fourth-order valence-electron chi connectivity index (χ4n) is 3.36. The van der Waals surface area contributed by atoms with Crippen molar-refractivity contribution in [2.24, 2.45) is 0 Å². The summed E-state index contributed by atoms with van der Waals surface area (Å²) in [5.74, 6) is 0. The van der Waals surface area contributed by atoms with Gasteiger partial charge >= 0.3 is 0 Å². The molecule has 0 aromatic rings. The Morgan fingerprint density at radius 2 is 1.79 bits per heavy atom. The summed E-state index contributed by atoms with van der Waals surface area (Å²) in [5, 5.41) is 3.76. The molecule has 0 saturated carbocycles. The Kier molecular flexibility index (Phi) is 5.63. The van der Waals surface area contributed by atoms with Crippen LogP contribution in [-0.4, -0.2) is 86.7 Å². The van der Waals surface area contributed by atoms with E-state index in [0.29, 0.717) is 5.54 Å². The van der Waals surface area contributed by atoms with Crippen molar-refractivity contribution in [3.63, 3.8) is 0 Å². The highest BCUT2D eigenvalue weighted by Gasteiger charge is 2.34. The van der Waals surface area contributed by atoms with Crippen molar-refractivity contribution in [2.75, 3.05) is 66.5 Å². The summed E-state index contributed by atoms with van der Waals surface area (Å²) in [4.78, 5) is 7.56. The molecule has 0 aliphatic carbocycles. The Morgan fingerprint density at radius 1 is 1.11 bits per heavy atom. The standard InChI is InChI=1S/C15H32N4/c1-4-15(6-5-7-16-15)14-19-12-10-18(11-13-19)9-8-17(2)3/h16H,4-14H2,1-3H3. The second-order valence-corrected chi connectivity index (χ2v) is 6.59. The molecule has 4 nitrogen and oxygen atoms in total. The van der Waals surface area contributed by atoms with E-state index in [4.69, 9.17) is 0 Å². The molecule has 0 aromatic heterocycles. The molecule has 2 fully saturated rings. The van der Waals surface area contributed by atoms with Crippen LogP contribution in [0.3, 0.4) is 0 Å². The van der Waals surface area contributed by atoms with Crippen LogP contribution in [0.15, 0.2) is 0 Å². The molecule has 0 spiro atoms. The van der Waals surface area contributed by atoms with E-state index >= 15 is 0 Å². The summed E-state index contributed by atoms with van der Waals surface area (Å²) >= 11 is 0. The SMILES string of the molecule is CCC1(CN2CCN(CCN(C)C)CC2)CCCN1. The van der Waals surface area contributed by atoms with Crippen LogP contribution in [0.2, 0.25) is 0 Å². The third kappa shape index (κ3) is 4.42. The fourth-order valence-corrected chi connectivity index (χ4v) is 3.36. The van der Waals surface area contributed by atoms with Gasteiger partial charge in [0.2, 0.25) is 0 Å². The quantitative estimate of drug-likeness (QED) is 0.765. The Bertz CT molecular complexity index is 253. The van der Waals surface area contributed by atoms with Gasteiger partial charge in [-0.3, -0.25) is 9.80 Å². The molecule has 4 heteroatoms. The minimum atomic E-state index is 0.422. The smallest absolute Gasteiger partial charge is 0.0306 e. The molecule has 1 unspecified atom stereocenters. The van der Waals surface area contributed by atoms with Gasteiger partial charge in [-0.25, -0.2) is 0 Å². The van der Waals surface area contributed by atoms with Crippen LogP contribution in [0.25, 0.3) is 0 Å². The highest BCUT2D eigenvalue weighted by atomic mass is 15.3. The van der Waals surface area contributed by atoms with E-state index in [2.05, 4.69) is 41.0 Å². The summed E-state index contributed by atoms with van der Waals surface area (Å²) in [5.41, 5.74) is 0.422. The van der Waals surface area contributed by atoms with E-state index in [1.807, 2.05) is 0 Å². The van der Waals surface area contributed by atoms with Gasteiger partial charge in [0.25, 0.3) is 0 Å². The summed E-state index contributed by atoms with van der Waals surface area (Å²) in [6.07, 6.45) is 3.99. The van der Waals surface area contributed by atoms with Crippen molar-refractivity contribution in [2.45, 2.75) is 31.7 Å². The molecule has 0 amide bonds. The average molecular weight is 268 g/mol. The van der Waals surface area contributed by atoms with Crippen LogP contribution in [0.1, 0.15) is 26.2 Å². The van der Waals surface area contributed by atoms with Crippen LogP contribution in [0.5, 0.6) is 0 Å². The largest absolute Gasteiger partial charge is 0.310 e. The molecule has 2 aliphatic rings. The molecule has 2 rings (SSSR count). The van der Waals surface area contributed by atoms with Crippen molar-refractivity contribution >= 4 is 0 Å². The molecule has 1 atom stereocenters. The number of nitrogens with one attached hydrogen (secondary N) is 1. The van der Waals surface area contributed by atoms with Crippen molar-refractivity contribution < 1.29 is 0 Å². The lowest BCUT2D eigenvalue weighted by Gasteiger charge is -2.40. The van der Waals surface area contributed by atoms with Gasteiger partial charge < -0.3 is 10.2 Å². The third-order valence-electron chi connectivity index (χ3n) is 4.86. The number of hydrogen-bond acceptors (Lipinski definition) is 4. The van der Waals surface area contributed by atoms with Crippen molar-refractivity contribution in [1.29, 1.82) is 0 Å². The highest BCUT2D eigenvalue weighted by molar-refractivity contribution is 4.95. The second-order valence-electron chi connectivity index (χ2n) is 6.59. The topological polar surface area (TPSA) is 21.8 Å². The lowest BCUT2D eigenvalue weighted by Crippen LogP contribution is -2.55. The van der Waals surface area contributed by atoms with Crippen LogP contribution in [0.4, 0.5) is 0 Å². The zero-order valence-corrected chi connectivity index (χ0v) is 13.1. The van der Waals surface area contributed by atoms with Gasteiger partial charge in [-0.2, -0.15) is 0 Å². The number of piperazine rings is 1. The number of nitrogens with zero attached hydrogens (tertiary/aromatic N) is 3. The summed E-state index contributed by atoms with van der Waals surface area (Å²) in [6, 6.07) is 0. The molecule has 0 aromatic carbocycles.